The number of carbonyl (C=O) groups is 2. The highest BCUT2D eigenvalue weighted by Crippen LogP contribution is 2.34. The van der Waals surface area contributed by atoms with Gasteiger partial charge in [-0.2, -0.15) is 0 Å². The standard InChI is InChI=1S/C23H27NO6/c1-4-27-20-11-16(13-25)5-7-19(20)30-14-22(26)24-23(15(2)3)17-6-8-18-21(12-17)29-10-9-28-18/h5-8,11-13,15,23H,4,9-10,14H2,1-3H3,(H,24,26)/t23-/m1/s1. The zero-order chi connectivity index (χ0) is 21.5. The lowest BCUT2D eigenvalue weighted by Gasteiger charge is -2.25. The van der Waals surface area contributed by atoms with Crippen LogP contribution in [-0.4, -0.2) is 38.6 Å². The Morgan fingerprint density at radius 1 is 1.07 bits per heavy atom. The number of ether oxygens (including phenoxy) is 4. The number of rotatable bonds is 9. The minimum atomic E-state index is -0.259. The fourth-order valence-corrected chi connectivity index (χ4v) is 3.23. The summed E-state index contributed by atoms with van der Waals surface area (Å²) in [5, 5.41) is 3.03. The molecule has 1 aliphatic heterocycles. The van der Waals surface area contributed by atoms with Crippen molar-refractivity contribution in [1.82, 2.24) is 5.32 Å². The molecule has 0 fully saturated rings. The van der Waals surface area contributed by atoms with E-state index in [1.807, 2.05) is 39.0 Å². The molecule has 0 unspecified atom stereocenters. The monoisotopic (exact) mass is 413 g/mol. The highest BCUT2D eigenvalue weighted by atomic mass is 16.6. The third-order valence-corrected chi connectivity index (χ3v) is 4.67. The van der Waals surface area contributed by atoms with Gasteiger partial charge in [-0.3, -0.25) is 9.59 Å². The van der Waals surface area contributed by atoms with Gasteiger partial charge in [0.25, 0.3) is 5.91 Å². The second kappa shape index (κ2) is 10.0. The Labute approximate surface area is 176 Å². The smallest absolute Gasteiger partial charge is 0.258 e. The van der Waals surface area contributed by atoms with E-state index in [1.165, 1.54) is 0 Å². The summed E-state index contributed by atoms with van der Waals surface area (Å²) >= 11 is 0. The van der Waals surface area contributed by atoms with Gasteiger partial charge in [0, 0.05) is 5.56 Å². The van der Waals surface area contributed by atoms with Crippen LogP contribution in [0.1, 0.15) is 42.7 Å². The van der Waals surface area contributed by atoms with E-state index < -0.39 is 0 Å². The zero-order valence-electron chi connectivity index (χ0n) is 17.5. The summed E-state index contributed by atoms with van der Waals surface area (Å²) in [6.45, 7) is 7.20. The topological polar surface area (TPSA) is 83.1 Å². The molecule has 0 spiro atoms. The molecule has 3 rings (SSSR count). The number of fused-ring (bicyclic) bond motifs is 1. The summed E-state index contributed by atoms with van der Waals surface area (Å²) < 4.78 is 22.4. The van der Waals surface area contributed by atoms with Crippen molar-refractivity contribution >= 4 is 12.2 Å². The van der Waals surface area contributed by atoms with Gasteiger partial charge < -0.3 is 24.3 Å². The average Bonchev–Trinajstić information content (AvgIpc) is 2.76. The highest BCUT2D eigenvalue weighted by Gasteiger charge is 2.22. The van der Waals surface area contributed by atoms with E-state index in [-0.39, 0.29) is 24.5 Å². The molecule has 7 nitrogen and oxygen atoms in total. The maximum absolute atomic E-state index is 12.6. The van der Waals surface area contributed by atoms with Crippen LogP contribution < -0.4 is 24.3 Å². The quantitative estimate of drug-likeness (QED) is 0.633. The van der Waals surface area contributed by atoms with E-state index in [4.69, 9.17) is 18.9 Å². The molecule has 1 heterocycles. The molecule has 0 saturated heterocycles. The third kappa shape index (κ3) is 5.23. The van der Waals surface area contributed by atoms with Crippen molar-refractivity contribution in [3.8, 4) is 23.0 Å². The molecule has 0 radical (unpaired) electrons. The zero-order valence-corrected chi connectivity index (χ0v) is 17.5. The van der Waals surface area contributed by atoms with E-state index in [2.05, 4.69) is 5.32 Å². The summed E-state index contributed by atoms with van der Waals surface area (Å²) in [6, 6.07) is 10.3. The van der Waals surface area contributed by atoms with Gasteiger partial charge in [-0.25, -0.2) is 0 Å². The van der Waals surface area contributed by atoms with Crippen molar-refractivity contribution in [2.45, 2.75) is 26.8 Å². The normalized spacial score (nSPS) is 13.5. The number of carbonyl (C=O) groups excluding carboxylic acids is 2. The summed E-state index contributed by atoms with van der Waals surface area (Å²) in [7, 11) is 0. The molecule has 2 aromatic carbocycles. The fraction of sp³-hybridized carbons (Fsp3) is 0.391. The molecule has 1 amide bonds. The maximum atomic E-state index is 12.6. The van der Waals surface area contributed by atoms with Crippen LogP contribution in [-0.2, 0) is 4.79 Å². The number of amides is 1. The number of benzene rings is 2. The highest BCUT2D eigenvalue weighted by molar-refractivity contribution is 5.79. The average molecular weight is 413 g/mol. The van der Waals surface area contributed by atoms with E-state index in [9.17, 15) is 9.59 Å². The molecule has 160 valence electrons. The Kier molecular flexibility index (Phi) is 7.17. The van der Waals surface area contributed by atoms with Gasteiger partial charge in [0.15, 0.2) is 29.6 Å². The molecule has 7 heteroatoms. The van der Waals surface area contributed by atoms with Gasteiger partial charge in [-0.05, 0) is 48.7 Å². The van der Waals surface area contributed by atoms with Crippen molar-refractivity contribution < 1.29 is 28.5 Å². The second-order valence-corrected chi connectivity index (χ2v) is 7.24. The van der Waals surface area contributed by atoms with E-state index in [0.29, 0.717) is 48.4 Å². The van der Waals surface area contributed by atoms with Gasteiger partial charge in [0.2, 0.25) is 0 Å². The first kappa shape index (κ1) is 21.5. The van der Waals surface area contributed by atoms with Crippen molar-refractivity contribution in [2.24, 2.45) is 5.92 Å². The fourth-order valence-electron chi connectivity index (χ4n) is 3.23. The van der Waals surface area contributed by atoms with Gasteiger partial charge in [0.1, 0.15) is 19.5 Å². The van der Waals surface area contributed by atoms with Crippen molar-refractivity contribution in [3.63, 3.8) is 0 Å². The predicted molar refractivity (Wildman–Crippen MR) is 112 cm³/mol. The van der Waals surface area contributed by atoms with Gasteiger partial charge in [-0.1, -0.05) is 19.9 Å². The van der Waals surface area contributed by atoms with Crippen LogP contribution in [0.2, 0.25) is 0 Å². The Morgan fingerprint density at radius 3 is 2.53 bits per heavy atom. The summed E-state index contributed by atoms with van der Waals surface area (Å²) in [6.07, 6.45) is 0.736. The molecule has 30 heavy (non-hydrogen) atoms. The number of hydrogen-bond donors (Lipinski definition) is 1. The number of nitrogens with one attached hydrogen (secondary N) is 1. The lowest BCUT2D eigenvalue weighted by molar-refractivity contribution is -0.124. The van der Waals surface area contributed by atoms with Crippen LogP contribution in [0.5, 0.6) is 23.0 Å². The Morgan fingerprint density at radius 2 is 1.83 bits per heavy atom. The summed E-state index contributed by atoms with van der Waals surface area (Å²) in [4.78, 5) is 23.6. The van der Waals surface area contributed by atoms with E-state index in [1.54, 1.807) is 18.2 Å². The molecule has 1 aliphatic rings. The molecule has 0 aromatic heterocycles. The predicted octanol–water partition coefficient (Wildman–Crippen LogP) is 3.56. The van der Waals surface area contributed by atoms with Crippen molar-refractivity contribution in [2.75, 3.05) is 26.4 Å². The lowest BCUT2D eigenvalue weighted by Crippen LogP contribution is -2.35. The summed E-state index contributed by atoms with van der Waals surface area (Å²) in [5.41, 5.74) is 1.42. The molecular weight excluding hydrogens is 386 g/mol. The molecular formula is C23H27NO6. The van der Waals surface area contributed by atoms with Crippen LogP contribution >= 0.6 is 0 Å². The van der Waals surface area contributed by atoms with Gasteiger partial charge in [-0.15, -0.1) is 0 Å². The van der Waals surface area contributed by atoms with Crippen LogP contribution in [0.4, 0.5) is 0 Å². The minimum absolute atomic E-state index is 0.155. The first-order valence-corrected chi connectivity index (χ1v) is 10.1. The first-order valence-electron chi connectivity index (χ1n) is 10.1. The molecule has 2 aromatic rings. The Balaban J connectivity index is 1.67. The SMILES string of the molecule is CCOc1cc(C=O)ccc1OCC(=O)N[C@@H](c1ccc2c(c1)OCCO2)C(C)C. The Hall–Kier alpha value is -3.22. The molecule has 0 saturated carbocycles. The second-order valence-electron chi connectivity index (χ2n) is 7.24. The van der Waals surface area contributed by atoms with E-state index in [0.717, 1.165) is 11.8 Å². The van der Waals surface area contributed by atoms with Crippen LogP contribution in [0, 0.1) is 5.92 Å². The van der Waals surface area contributed by atoms with Crippen LogP contribution in [0.15, 0.2) is 36.4 Å². The lowest BCUT2D eigenvalue weighted by atomic mass is 9.95. The molecule has 1 N–H and O–H groups in total. The molecule has 0 bridgehead atoms. The van der Waals surface area contributed by atoms with Crippen molar-refractivity contribution in [1.29, 1.82) is 0 Å². The molecule has 1 atom stereocenters. The maximum Gasteiger partial charge on any atom is 0.258 e. The number of hydrogen-bond acceptors (Lipinski definition) is 6. The van der Waals surface area contributed by atoms with Crippen molar-refractivity contribution in [3.05, 3.63) is 47.5 Å². The van der Waals surface area contributed by atoms with Crippen LogP contribution in [0.25, 0.3) is 0 Å². The minimum Gasteiger partial charge on any atom is -0.490 e. The first-order chi connectivity index (χ1) is 14.5. The van der Waals surface area contributed by atoms with Gasteiger partial charge >= 0.3 is 0 Å². The Bertz CT molecular complexity index is 895. The van der Waals surface area contributed by atoms with Crippen LogP contribution in [0.3, 0.4) is 0 Å². The summed E-state index contributed by atoms with van der Waals surface area (Å²) in [5.74, 6) is 2.14. The molecule has 0 aliphatic carbocycles. The third-order valence-electron chi connectivity index (χ3n) is 4.67. The van der Waals surface area contributed by atoms with E-state index >= 15 is 0 Å². The van der Waals surface area contributed by atoms with Gasteiger partial charge in [0.05, 0.1) is 12.6 Å². The number of aldehydes is 1. The largest absolute Gasteiger partial charge is 0.490 e.